The summed E-state index contributed by atoms with van der Waals surface area (Å²) in [6, 6.07) is 3.55. The topological polar surface area (TPSA) is 70.5 Å². The van der Waals surface area contributed by atoms with Crippen LogP contribution in [0.1, 0.15) is 65.1 Å². The van der Waals surface area contributed by atoms with E-state index in [0.717, 1.165) is 54.2 Å². The van der Waals surface area contributed by atoms with Gasteiger partial charge in [-0.3, -0.25) is 19.8 Å². The van der Waals surface area contributed by atoms with Crippen molar-refractivity contribution in [2.45, 2.75) is 51.2 Å². The molecule has 7 heteroatoms. The number of aromatic nitrogens is 2. The molecule has 28 heavy (non-hydrogen) atoms. The molecule has 2 atom stereocenters. The Balaban J connectivity index is 1.65. The molecular formula is C21H22FN5O. The number of aryl methyl sites for hydroxylation is 1. The average Bonchev–Trinajstić information content (AvgIpc) is 3.32. The minimum atomic E-state index is -0.311. The van der Waals surface area contributed by atoms with Crippen molar-refractivity contribution in [2.24, 2.45) is 4.99 Å². The first-order chi connectivity index (χ1) is 13.6. The van der Waals surface area contributed by atoms with Gasteiger partial charge in [0.1, 0.15) is 11.7 Å². The highest BCUT2D eigenvalue weighted by Gasteiger charge is 2.34. The van der Waals surface area contributed by atoms with Crippen LogP contribution in [0.3, 0.4) is 0 Å². The average molecular weight is 379 g/mol. The summed E-state index contributed by atoms with van der Waals surface area (Å²) in [6.07, 6.45) is 6.30. The summed E-state index contributed by atoms with van der Waals surface area (Å²) < 4.78 is 14.1. The van der Waals surface area contributed by atoms with Crippen molar-refractivity contribution in [3.63, 3.8) is 0 Å². The van der Waals surface area contributed by atoms with Crippen molar-refractivity contribution in [2.75, 3.05) is 6.54 Å². The number of carbonyl (C=O) groups excluding carboxylic acids is 1. The maximum atomic E-state index is 14.1. The third kappa shape index (κ3) is 2.85. The van der Waals surface area contributed by atoms with Crippen LogP contribution in [0.5, 0.6) is 0 Å². The Morgan fingerprint density at radius 1 is 1.18 bits per heavy atom. The summed E-state index contributed by atoms with van der Waals surface area (Å²) in [4.78, 5) is 28.5. The van der Waals surface area contributed by atoms with E-state index in [0.29, 0.717) is 18.5 Å². The number of aliphatic imine (C=N–C) groups is 1. The van der Waals surface area contributed by atoms with Gasteiger partial charge in [-0.05, 0) is 50.3 Å². The van der Waals surface area contributed by atoms with E-state index in [9.17, 15) is 9.18 Å². The van der Waals surface area contributed by atoms with Gasteiger partial charge in [0.15, 0.2) is 0 Å². The zero-order valence-corrected chi connectivity index (χ0v) is 15.8. The van der Waals surface area contributed by atoms with Gasteiger partial charge in [-0.1, -0.05) is 0 Å². The number of pyridine rings is 2. The van der Waals surface area contributed by atoms with E-state index in [1.54, 1.807) is 12.3 Å². The molecule has 0 aromatic carbocycles. The Labute approximate surface area is 162 Å². The third-order valence-electron chi connectivity index (χ3n) is 5.90. The molecule has 6 nitrogen and oxygen atoms in total. The van der Waals surface area contributed by atoms with Crippen molar-refractivity contribution in [1.82, 2.24) is 20.2 Å². The van der Waals surface area contributed by atoms with E-state index in [4.69, 9.17) is 4.99 Å². The van der Waals surface area contributed by atoms with Crippen LogP contribution in [-0.4, -0.2) is 39.2 Å². The van der Waals surface area contributed by atoms with Gasteiger partial charge in [0, 0.05) is 30.0 Å². The molecule has 3 aliphatic rings. The number of hydrogen-bond donors (Lipinski definition) is 1. The second kappa shape index (κ2) is 6.65. The van der Waals surface area contributed by atoms with Crippen molar-refractivity contribution in [3.05, 3.63) is 58.4 Å². The van der Waals surface area contributed by atoms with Crippen molar-refractivity contribution >= 4 is 11.7 Å². The van der Waals surface area contributed by atoms with Crippen LogP contribution in [-0.2, 0) is 13.0 Å². The molecule has 144 valence electrons. The zero-order chi connectivity index (χ0) is 19.3. The van der Waals surface area contributed by atoms with Crippen LogP contribution in [0.4, 0.5) is 4.39 Å². The van der Waals surface area contributed by atoms with Gasteiger partial charge in [0.25, 0.3) is 5.91 Å². The molecule has 0 unspecified atom stereocenters. The quantitative estimate of drug-likeness (QED) is 0.764. The van der Waals surface area contributed by atoms with E-state index in [1.165, 1.54) is 6.20 Å². The summed E-state index contributed by atoms with van der Waals surface area (Å²) in [5, 5.41) is 3.04. The molecule has 5 heterocycles. The van der Waals surface area contributed by atoms with E-state index in [2.05, 4.69) is 20.2 Å². The molecule has 3 aliphatic heterocycles. The predicted octanol–water partition coefficient (Wildman–Crippen LogP) is 2.78. The smallest absolute Gasteiger partial charge is 0.253 e. The number of carbonyl (C=O) groups is 1. The number of rotatable bonds is 0. The molecule has 1 N–H and O–H groups in total. The highest BCUT2D eigenvalue weighted by atomic mass is 19.1. The van der Waals surface area contributed by atoms with Crippen molar-refractivity contribution < 1.29 is 9.18 Å². The monoisotopic (exact) mass is 379 g/mol. The predicted molar refractivity (Wildman–Crippen MR) is 103 cm³/mol. The Kier molecular flexibility index (Phi) is 4.10. The van der Waals surface area contributed by atoms with E-state index < -0.39 is 0 Å². The van der Waals surface area contributed by atoms with Crippen LogP contribution >= 0.6 is 0 Å². The van der Waals surface area contributed by atoms with E-state index in [1.807, 2.05) is 13.0 Å². The molecule has 2 bridgehead atoms. The standard InChI is InChI=1S/C21H22FN5O/c1-12-4-5-17-15(8-14(22)10-24-17)19-3-2-6-27(19)20-16-7-13(21(28)26-12)9-23-18(16)11-25-20/h7-10,12,19H,2-6,11H2,1H3,(H,26,28)/t12-,19-/m1/s1. The Bertz CT molecular complexity index is 989. The molecule has 2 aromatic heterocycles. The van der Waals surface area contributed by atoms with Gasteiger partial charge in [0.05, 0.1) is 30.0 Å². The molecule has 1 fully saturated rings. The van der Waals surface area contributed by atoms with E-state index >= 15 is 0 Å². The molecule has 0 spiro atoms. The van der Waals surface area contributed by atoms with Gasteiger partial charge in [-0.2, -0.15) is 0 Å². The summed E-state index contributed by atoms with van der Waals surface area (Å²) in [5.74, 6) is 0.426. The normalized spacial score (nSPS) is 23.7. The third-order valence-corrected chi connectivity index (χ3v) is 5.90. The molecule has 0 aliphatic carbocycles. The first-order valence-corrected chi connectivity index (χ1v) is 9.85. The summed E-state index contributed by atoms with van der Waals surface area (Å²) in [7, 11) is 0. The molecular weight excluding hydrogens is 357 g/mol. The number of nitrogens with one attached hydrogen (secondary N) is 1. The van der Waals surface area contributed by atoms with Crippen molar-refractivity contribution in [3.8, 4) is 0 Å². The fraction of sp³-hybridized carbons (Fsp3) is 0.429. The molecule has 0 saturated carbocycles. The number of amides is 1. The van der Waals surface area contributed by atoms with Crippen LogP contribution in [0.2, 0.25) is 0 Å². The summed E-state index contributed by atoms with van der Waals surface area (Å²) in [6.45, 7) is 3.35. The SMILES string of the molecule is C[C@@H]1CCc2ncc(F)cc2[C@H]2CCCN2C2=NCc3ncc(cc32)C(=O)N1. The lowest BCUT2D eigenvalue weighted by Gasteiger charge is -2.28. The summed E-state index contributed by atoms with van der Waals surface area (Å²) >= 11 is 0. The number of fused-ring (bicyclic) bond motifs is 5. The lowest BCUT2D eigenvalue weighted by Crippen LogP contribution is -2.33. The van der Waals surface area contributed by atoms with E-state index in [-0.39, 0.29) is 23.8 Å². The second-order valence-electron chi connectivity index (χ2n) is 7.81. The number of nitrogens with zero attached hydrogens (tertiary/aromatic N) is 4. The fourth-order valence-corrected chi connectivity index (χ4v) is 4.47. The number of hydrogen-bond acceptors (Lipinski definition) is 5. The Morgan fingerprint density at radius 3 is 2.93 bits per heavy atom. The highest BCUT2D eigenvalue weighted by Crippen LogP contribution is 2.37. The minimum absolute atomic E-state index is 0.0194. The molecule has 5 rings (SSSR count). The Hall–Kier alpha value is -2.83. The maximum absolute atomic E-state index is 14.1. The van der Waals surface area contributed by atoms with Gasteiger partial charge in [-0.25, -0.2) is 4.39 Å². The van der Waals surface area contributed by atoms with Crippen molar-refractivity contribution in [1.29, 1.82) is 0 Å². The minimum Gasteiger partial charge on any atom is -0.350 e. The van der Waals surface area contributed by atoms with Crippen LogP contribution in [0, 0.1) is 5.82 Å². The molecule has 1 amide bonds. The van der Waals surface area contributed by atoms with Crippen LogP contribution < -0.4 is 5.32 Å². The molecule has 2 aromatic rings. The first-order valence-electron chi connectivity index (χ1n) is 9.85. The van der Waals surface area contributed by atoms with Crippen LogP contribution in [0.25, 0.3) is 0 Å². The van der Waals surface area contributed by atoms with Gasteiger partial charge in [-0.15, -0.1) is 0 Å². The second-order valence-corrected chi connectivity index (χ2v) is 7.81. The highest BCUT2D eigenvalue weighted by molar-refractivity contribution is 6.04. The first kappa shape index (κ1) is 17.3. The van der Waals surface area contributed by atoms with Gasteiger partial charge >= 0.3 is 0 Å². The zero-order valence-electron chi connectivity index (χ0n) is 15.8. The van der Waals surface area contributed by atoms with Gasteiger partial charge in [0.2, 0.25) is 0 Å². The lowest BCUT2D eigenvalue weighted by molar-refractivity contribution is 0.0938. The number of halogens is 1. The fourth-order valence-electron chi connectivity index (χ4n) is 4.47. The van der Waals surface area contributed by atoms with Crippen LogP contribution in [0.15, 0.2) is 29.5 Å². The molecule has 0 radical (unpaired) electrons. The Morgan fingerprint density at radius 2 is 2.04 bits per heavy atom. The number of amidine groups is 1. The summed E-state index contributed by atoms with van der Waals surface area (Å²) in [5.41, 5.74) is 4.20. The molecule has 1 saturated heterocycles. The largest absolute Gasteiger partial charge is 0.350 e. The lowest BCUT2D eigenvalue weighted by atomic mass is 9.98. The van der Waals surface area contributed by atoms with Gasteiger partial charge < -0.3 is 10.2 Å². The maximum Gasteiger partial charge on any atom is 0.253 e.